The summed E-state index contributed by atoms with van der Waals surface area (Å²) >= 11 is 0. The first-order chi connectivity index (χ1) is 12.0. The van der Waals surface area contributed by atoms with Crippen LogP contribution in [0.5, 0.6) is 0 Å². The van der Waals surface area contributed by atoms with Crippen LogP contribution in [0, 0.1) is 18.6 Å². The van der Waals surface area contributed by atoms with Crippen LogP contribution in [-0.2, 0) is 16.0 Å². The van der Waals surface area contributed by atoms with Crippen molar-refractivity contribution in [2.24, 2.45) is 0 Å². The molecular formula is C18H16F2N2O3. The van der Waals surface area contributed by atoms with E-state index in [9.17, 15) is 13.6 Å². The van der Waals surface area contributed by atoms with Crippen LogP contribution in [0.25, 0.3) is 11.1 Å². The Hall–Kier alpha value is -2.96. The van der Waals surface area contributed by atoms with Crippen LogP contribution < -0.4 is 5.32 Å². The van der Waals surface area contributed by atoms with E-state index in [1.807, 2.05) is 0 Å². The van der Waals surface area contributed by atoms with Gasteiger partial charge in [-0.2, -0.15) is 4.98 Å². The standard InChI is InChI=1S/C18H16F2N2O3/c1-3-24-16(23)8-11-6-13(20)17-15(7-11)25-18(22-17)21-14-9-12(19)5-4-10(14)2/h4-7,9H,3,8H2,1-2H3,(H,21,22). The molecular weight excluding hydrogens is 330 g/mol. The number of esters is 1. The largest absolute Gasteiger partial charge is 0.466 e. The van der Waals surface area contributed by atoms with Crippen molar-refractivity contribution in [1.29, 1.82) is 0 Å². The molecule has 25 heavy (non-hydrogen) atoms. The van der Waals surface area contributed by atoms with E-state index < -0.39 is 17.6 Å². The first-order valence-corrected chi connectivity index (χ1v) is 7.74. The third-order valence-electron chi connectivity index (χ3n) is 3.60. The highest BCUT2D eigenvalue weighted by molar-refractivity contribution is 5.79. The van der Waals surface area contributed by atoms with Crippen molar-refractivity contribution in [2.75, 3.05) is 11.9 Å². The fourth-order valence-electron chi connectivity index (χ4n) is 2.42. The topological polar surface area (TPSA) is 64.4 Å². The summed E-state index contributed by atoms with van der Waals surface area (Å²) in [6.07, 6.45) is -0.0623. The molecule has 0 aliphatic heterocycles. The summed E-state index contributed by atoms with van der Waals surface area (Å²) in [6, 6.07) is 7.04. The molecule has 0 amide bonds. The van der Waals surface area contributed by atoms with Crippen LogP contribution >= 0.6 is 0 Å². The summed E-state index contributed by atoms with van der Waals surface area (Å²) in [5.41, 5.74) is 1.90. The van der Waals surface area contributed by atoms with Crippen LogP contribution in [0.3, 0.4) is 0 Å². The lowest BCUT2D eigenvalue weighted by Gasteiger charge is -2.05. The predicted octanol–water partition coefficient (Wildman–Crippen LogP) is 4.26. The van der Waals surface area contributed by atoms with Crippen LogP contribution in [0.15, 0.2) is 34.7 Å². The van der Waals surface area contributed by atoms with E-state index >= 15 is 0 Å². The van der Waals surface area contributed by atoms with E-state index in [1.165, 1.54) is 24.3 Å². The number of anilines is 2. The summed E-state index contributed by atoms with van der Waals surface area (Å²) in [5.74, 6) is -1.47. The lowest BCUT2D eigenvalue weighted by atomic mass is 10.1. The number of nitrogens with one attached hydrogen (secondary N) is 1. The van der Waals surface area contributed by atoms with Gasteiger partial charge in [0, 0.05) is 5.69 Å². The Morgan fingerprint density at radius 1 is 1.28 bits per heavy atom. The molecule has 130 valence electrons. The number of aromatic nitrogens is 1. The van der Waals surface area contributed by atoms with Gasteiger partial charge in [0.25, 0.3) is 6.01 Å². The van der Waals surface area contributed by atoms with Crippen molar-refractivity contribution in [2.45, 2.75) is 20.3 Å². The molecule has 0 saturated heterocycles. The van der Waals surface area contributed by atoms with Gasteiger partial charge < -0.3 is 14.5 Å². The van der Waals surface area contributed by atoms with Gasteiger partial charge >= 0.3 is 5.97 Å². The monoisotopic (exact) mass is 346 g/mol. The van der Waals surface area contributed by atoms with Crippen LogP contribution in [0.1, 0.15) is 18.1 Å². The van der Waals surface area contributed by atoms with Crippen LogP contribution in [0.2, 0.25) is 0 Å². The number of carbonyl (C=O) groups excluding carboxylic acids is 1. The zero-order valence-electron chi connectivity index (χ0n) is 13.7. The van der Waals surface area contributed by atoms with E-state index in [4.69, 9.17) is 9.15 Å². The first kappa shape index (κ1) is 16.9. The second-order valence-electron chi connectivity index (χ2n) is 5.51. The van der Waals surface area contributed by atoms with E-state index in [1.54, 1.807) is 19.9 Å². The van der Waals surface area contributed by atoms with Gasteiger partial charge in [0.15, 0.2) is 11.4 Å². The number of aryl methyl sites for hydroxylation is 1. The quantitative estimate of drug-likeness (QED) is 0.699. The average Bonchev–Trinajstić information content (AvgIpc) is 2.94. The number of benzene rings is 2. The van der Waals surface area contributed by atoms with Crippen LogP contribution in [0.4, 0.5) is 20.5 Å². The highest BCUT2D eigenvalue weighted by Crippen LogP contribution is 2.27. The Bertz CT molecular complexity index is 937. The van der Waals surface area contributed by atoms with Crippen molar-refractivity contribution in [3.8, 4) is 0 Å². The SMILES string of the molecule is CCOC(=O)Cc1cc(F)c2nc(Nc3cc(F)ccc3C)oc2c1. The van der Waals surface area contributed by atoms with Gasteiger partial charge in [0.2, 0.25) is 0 Å². The zero-order valence-corrected chi connectivity index (χ0v) is 13.7. The Labute approximate surface area is 142 Å². The second-order valence-corrected chi connectivity index (χ2v) is 5.51. The van der Waals surface area contributed by atoms with Crippen molar-refractivity contribution in [3.63, 3.8) is 0 Å². The molecule has 0 radical (unpaired) electrons. The summed E-state index contributed by atoms with van der Waals surface area (Å²) in [7, 11) is 0. The summed E-state index contributed by atoms with van der Waals surface area (Å²) in [6.45, 7) is 3.75. The molecule has 1 heterocycles. The Morgan fingerprint density at radius 3 is 2.84 bits per heavy atom. The predicted molar refractivity (Wildman–Crippen MR) is 88.7 cm³/mol. The minimum Gasteiger partial charge on any atom is -0.466 e. The number of hydrogen-bond acceptors (Lipinski definition) is 5. The highest BCUT2D eigenvalue weighted by atomic mass is 19.1. The summed E-state index contributed by atoms with van der Waals surface area (Å²) < 4.78 is 37.9. The maximum atomic E-state index is 14.2. The number of hydrogen-bond donors (Lipinski definition) is 1. The Kier molecular flexibility index (Phi) is 4.65. The van der Waals surface area contributed by atoms with E-state index in [-0.39, 0.29) is 30.1 Å². The molecule has 3 aromatic rings. The third-order valence-corrected chi connectivity index (χ3v) is 3.60. The van der Waals surface area contributed by atoms with Crippen molar-refractivity contribution >= 4 is 28.8 Å². The van der Waals surface area contributed by atoms with Crippen molar-refractivity contribution in [3.05, 3.63) is 53.1 Å². The molecule has 0 aliphatic rings. The number of carbonyl (C=O) groups is 1. The second kappa shape index (κ2) is 6.88. The Morgan fingerprint density at radius 2 is 2.08 bits per heavy atom. The lowest BCUT2D eigenvalue weighted by Crippen LogP contribution is -2.07. The maximum Gasteiger partial charge on any atom is 0.310 e. The van der Waals surface area contributed by atoms with Gasteiger partial charge in [-0.3, -0.25) is 4.79 Å². The van der Waals surface area contributed by atoms with E-state index in [2.05, 4.69) is 10.3 Å². The van der Waals surface area contributed by atoms with Gasteiger partial charge in [-0.1, -0.05) is 6.07 Å². The highest BCUT2D eigenvalue weighted by Gasteiger charge is 2.15. The third kappa shape index (κ3) is 3.76. The molecule has 0 aliphatic carbocycles. The number of fused-ring (bicyclic) bond motifs is 1. The molecule has 1 aromatic heterocycles. The minimum absolute atomic E-state index is 0.0316. The molecule has 0 atom stereocenters. The fourth-order valence-corrected chi connectivity index (χ4v) is 2.42. The molecule has 0 unspecified atom stereocenters. The zero-order chi connectivity index (χ0) is 18.0. The molecule has 0 spiro atoms. The normalized spacial score (nSPS) is 10.9. The number of oxazole rings is 1. The molecule has 0 bridgehead atoms. The van der Waals surface area contributed by atoms with Crippen molar-refractivity contribution in [1.82, 2.24) is 4.98 Å². The molecule has 7 heteroatoms. The smallest absolute Gasteiger partial charge is 0.310 e. The van der Waals surface area contributed by atoms with Gasteiger partial charge in [0.1, 0.15) is 11.3 Å². The molecule has 2 aromatic carbocycles. The number of nitrogens with zero attached hydrogens (tertiary/aromatic N) is 1. The van der Waals surface area contributed by atoms with Gasteiger partial charge in [-0.15, -0.1) is 0 Å². The molecule has 0 saturated carbocycles. The number of halogens is 2. The molecule has 0 fully saturated rings. The van der Waals surface area contributed by atoms with Crippen molar-refractivity contribution < 1.29 is 22.7 Å². The van der Waals surface area contributed by atoms with Gasteiger partial charge in [-0.25, -0.2) is 8.78 Å². The Balaban J connectivity index is 1.90. The maximum absolute atomic E-state index is 14.2. The van der Waals surface area contributed by atoms with E-state index in [0.717, 1.165) is 5.56 Å². The minimum atomic E-state index is -0.607. The molecule has 5 nitrogen and oxygen atoms in total. The molecule has 1 N–H and O–H groups in total. The summed E-state index contributed by atoms with van der Waals surface area (Å²) in [5, 5.41) is 2.83. The van der Waals surface area contributed by atoms with Gasteiger partial charge in [-0.05, 0) is 49.2 Å². The summed E-state index contributed by atoms with van der Waals surface area (Å²) in [4.78, 5) is 15.6. The lowest BCUT2D eigenvalue weighted by molar-refractivity contribution is -0.142. The fraction of sp³-hybridized carbons (Fsp3) is 0.222. The average molecular weight is 346 g/mol. The first-order valence-electron chi connectivity index (χ1n) is 7.74. The molecule has 3 rings (SSSR count). The van der Waals surface area contributed by atoms with Gasteiger partial charge in [0.05, 0.1) is 13.0 Å². The van der Waals surface area contributed by atoms with Crippen LogP contribution in [-0.4, -0.2) is 17.6 Å². The number of rotatable bonds is 5. The van der Waals surface area contributed by atoms with E-state index in [0.29, 0.717) is 11.3 Å². The number of ether oxygens (including phenoxy) is 1.